The number of benzene rings is 3. The van der Waals surface area contributed by atoms with Crippen LogP contribution in [-0.2, 0) is 6.54 Å². The minimum atomic E-state index is -0.540. The van der Waals surface area contributed by atoms with E-state index >= 15 is 0 Å². The first-order valence-electron chi connectivity index (χ1n) is 12.8. The predicted octanol–water partition coefficient (Wildman–Crippen LogP) is 3.37. The van der Waals surface area contributed by atoms with Gasteiger partial charge in [0, 0.05) is 29.7 Å². The van der Waals surface area contributed by atoms with Crippen LogP contribution in [0, 0.1) is 5.82 Å². The number of aliphatic hydroxyl groups excluding tert-OH is 2. The van der Waals surface area contributed by atoms with E-state index in [2.05, 4.69) is 37.1 Å². The fraction of sp³-hybridized carbons (Fsp3) is 0.276. The smallest absolute Gasteiger partial charge is 0.273 e. The zero-order chi connectivity index (χ0) is 28.7. The van der Waals surface area contributed by atoms with Crippen molar-refractivity contribution in [2.45, 2.75) is 13.0 Å². The van der Waals surface area contributed by atoms with Crippen LogP contribution in [0.5, 0.6) is 0 Å². The molecule has 3 aromatic carbocycles. The summed E-state index contributed by atoms with van der Waals surface area (Å²) in [6.07, 6.45) is 2.20. The van der Waals surface area contributed by atoms with E-state index in [-0.39, 0.29) is 24.7 Å². The van der Waals surface area contributed by atoms with Crippen molar-refractivity contribution in [1.82, 2.24) is 15.6 Å². The zero-order valence-corrected chi connectivity index (χ0v) is 23.5. The molecule has 0 fully saturated rings. The maximum Gasteiger partial charge on any atom is 0.273 e. The van der Waals surface area contributed by atoms with E-state index in [1.807, 2.05) is 17.0 Å². The molecule has 212 valence electrons. The van der Waals surface area contributed by atoms with Gasteiger partial charge in [-0.15, -0.1) is 0 Å². The number of carbonyl (C=O) groups excluding carboxylic acids is 2. The Morgan fingerprint density at radius 3 is 2.40 bits per heavy atom. The van der Waals surface area contributed by atoms with Gasteiger partial charge in [0.2, 0.25) is 0 Å². The zero-order valence-electron chi connectivity index (χ0n) is 21.9. The van der Waals surface area contributed by atoms with Crippen molar-refractivity contribution in [2.75, 3.05) is 44.7 Å². The molecule has 3 aromatic rings. The molecular weight excluding hydrogens is 581 g/mol. The van der Waals surface area contributed by atoms with Crippen molar-refractivity contribution in [3.63, 3.8) is 0 Å². The van der Waals surface area contributed by atoms with E-state index in [0.717, 1.165) is 25.1 Å². The number of nitrogens with one attached hydrogen (secondary N) is 3. The lowest BCUT2D eigenvalue weighted by atomic mass is 10.1. The highest BCUT2D eigenvalue weighted by Crippen LogP contribution is 2.22. The third kappa shape index (κ3) is 10.2. The van der Waals surface area contributed by atoms with Crippen LogP contribution in [0.2, 0.25) is 0 Å². The molecule has 9 nitrogen and oxygen atoms in total. The Labute approximate surface area is 241 Å². The summed E-state index contributed by atoms with van der Waals surface area (Å²) in [5.74, 6) is -1.32. The maximum atomic E-state index is 13.3. The minimum absolute atomic E-state index is 0.0657. The molecule has 0 spiro atoms. The van der Waals surface area contributed by atoms with Gasteiger partial charge in [-0.1, -0.05) is 40.2 Å². The summed E-state index contributed by atoms with van der Waals surface area (Å²) >= 11 is 3.35. The fourth-order valence-corrected chi connectivity index (χ4v) is 4.23. The van der Waals surface area contributed by atoms with E-state index in [1.165, 1.54) is 18.3 Å². The predicted molar refractivity (Wildman–Crippen MR) is 157 cm³/mol. The van der Waals surface area contributed by atoms with Gasteiger partial charge in [-0.2, -0.15) is 5.10 Å². The van der Waals surface area contributed by atoms with E-state index in [9.17, 15) is 14.0 Å². The average Bonchev–Trinajstić information content (AvgIpc) is 2.94. The van der Waals surface area contributed by atoms with Crippen LogP contribution < -0.4 is 16.1 Å². The number of halogens is 2. The Morgan fingerprint density at radius 1 is 0.950 bits per heavy atom. The summed E-state index contributed by atoms with van der Waals surface area (Å²) in [6, 6.07) is 17.9. The lowest BCUT2D eigenvalue weighted by Gasteiger charge is -2.19. The first kappa shape index (κ1) is 31.1. The molecule has 0 bridgehead atoms. The molecule has 5 N–H and O–H groups in total. The van der Waals surface area contributed by atoms with Crippen molar-refractivity contribution in [3.05, 3.63) is 99.3 Å². The van der Waals surface area contributed by atoms with E-state index in [0.29, 0.717) is 40.9 Å². The molecule has 0 unspecified atom stereocenters. The SMILES string of the molecule is O=C(Nc1ccc(Br)cc1C(=O)NN=Cc1cccc(F)c1)c1ccc(CNCCCN(CCO)CCO)cc1. The third-order valence-corrected chi connectivity index (χ3v) is 6.40. The molecule has 0 radical (unpaired) electrons. The summed E-state index contributed by atoms with van der Waals surface area (Å²) in [4.78, 5) is 27.7. The largest absolute Gasteiger partial charge is 0.395 e. The summed E-state index contributed by atoms with van der Waals surface area (Å²) < 4.78 is 14.0. The molecule has 0 aliphatic rings. The Balaban J connectivity index is 1.53. The summed E-state index contributed by atoms with van der Waals surface area (Å²) in [5.41, 5.74) is 4.86. The second-order valence-electron chi connectivity index (χ2n) is 8.91. The maximum absolute atomic E-state index is 13.3. The first-order chi connectivity index (χ1) is 19.4. The van der Waals surface area contributed by atoms with Crippen LogP contribution in [0.4, 0.5) is 10.1 Å². The molecule has 0 saturated carbocycles. The first-order valence-corrected chi connectivity index (χ1v) is 13.6. The van der Waals surface area contributed by atoms with Crippen molar-refractivity contribution < 1.29 is 24.2 Å². The van der Waals surface area contributed by atoms with Crippen LogP contribution in [0.1, 0.15) is 38.3 Å². The minimum Gasteiger partial charge on any atom is -0.395 e. The summed E-state index contributed by atoms with van der Waals surface area (Å²) in [7, 11) is 0. The van der Waals surface area contributed by atoms with Gasteiger partial charge >= 0.3 is 0 Å². The lowest BCUT2D eigenvalue weighted by molar-refractivity contribution is 0.0956. The second kappa shape index (κ2) is 16.6. The summed E-state index contributed by atoms with van der Waals surface area (Å²) in [6.45, 7) is 3.41. The quantitative estimate of drug-likeness (QED) is 0.102. The number of rotatable bonds is 15. The Hall–Kier alpha value is -3.48. The number of anilines is 1. The average molecular weight is 615 g/mol. The molecule has 40 heavy (non-hydrogen) atoms. The Kier molecular flexibility index (Phi) is 12.9. The van der Waals surface area contributed by atoms with Gasteiger partial charge in [-0.25, -0.2) is 9.82 Å². The number of amides is 2. The number of hydrazone groups is 1. The van der Waals surface area contributed by atoms with Crippen molar-refractivity contribution >= 4 is 39.6 Å². The Morgan fingerprint density at radius 2 is 1.70 bits per heavy atom. The summed E-state index contributed by atoms with van der Waals surface area (Å²) in [5, 5.41) is 28.2. The van der Waals surface area contributed by atoms with Gasteiger partial charge in [-0.3, -0.25) is 14.5 Å². The van der Waals surface area contributed by atoms with Gasteiger partial charge in [0.25, 0.3) is 11.8 Å². The molecule has 0 heterocycles. The highest BCUT2D eigenvalue weighted by atomic mass is 79.9. The van der Waals surface area contributed by atoms with E-state index in [1.54, 1.807) is 42.5 Å². The molecule has 2 amide bonds. The highest BCUT2D eigenvalue weighted by molar-refractivity contribution is 9.10. The lowest BCUT2D eigenvalue weighted by Crippen LogP contribution is -2.32. The normalized spacial score (nSPS) is 11.2. The topological polar surface area (TPSA) is 126 Å². The highest BCUT2D eigenvalue weighted by Gasteiger charge is 2.15. The van der Waals surface area contributed by atoms with Crippen LogP contribution in [0.15, 0.2) is 76.3 Å². The fourth-order valence-electron chi connectivity index (χ4n) is 3.87. The molecule has 0 aliphatic heterocycles. The van der Waals surface area contributed by atoms with Crippen molar-refractivity contribution in [3.8, 4) is 0 Å². The molecule has 0 aliphatic carbocycles. The number of carbonyl (C=O) groups is 2. The molecular formula is C29H33BrFN5O4. The van der Waals surface area contributed by atoms with Gasteiger partial charge in [0.05, 0.1) is 30.7 Å². The number of aliphatic hydroxyl groups is 2. The van der Waals surface area contributed by atoms with E-state index in [4.69, 9.17) is 10.2 Å². The molecule has 0 atom stereocenters. The van der Waals surface area contributed by atoms with Gasteiger partial charge in [0.1, 0.15) is 5.82 Å². The second-order valence-corrected chi connectivity index (χ2v) is 9.83. The van der Waals surface area contributed by atoms with E-state index < -0.39 is 11.7 Å². The standard InChI is InChI=1S/C29H33BrFN5O4/c30-24-9-10-27(26(18-24)29(40)35-33-20-22-3-1-4-25(31)17-22)34-28(39)23-7-5-21(6-8-23)19-32-11-2-12-36(13-15-37)14-16-38/h1,3-10,17-18,20,32,37-38H,2,11-16,19H2,(H,34,39)(H,35,40). The van der Waals surface area contributed by atoms with Crippen molar-refractivity contribution in [1.29, 1.82) is 0 Å². The molecule has 0 saturated heterocycles. The number of hydrogen-bond acceptors (Lipinski definition) is 7. The number of nitrogens with zero attached hydrogens (tertiary/aromatic N) is 2. The van der Waals surface area contributed by atoms with Crippen molar-refractivity contribution in [2.24, 2.45) is 5.10 Å². The molecule has 3 rings (SSSR count). The van der Waals surface area contributed by atoms with Crippen LogP contribution in [0.3, 0.4) is 0 Å². The Bertz CT molecular complexity index is 1280. The monoisotopic (exact) mass is 613 g/mol. The van der Waals surface area contributed by atoms with Crippen LogP contribution in [-0.4, -0.2) is 72.5 Å². The van der Waals surface area contributed by atoms with Crippen LogP contribution >= 0.6 is 15.9 Å². The van der Waals surface area contributed by atoms with Gasteiger partial charge in [-0.05, 0) is 73.1 Å². The van der Waals surface area contributed by atoms with Gasteiger partial charge in [0.15, 0.2) is 0 Å². The van der Waals surface area contributed by atoms with Crippen LogP contribution in [0.25, 0.3) is 0 Å². The number of hydrogen-bond donors (Lipinski definition) is 5. The molecule has 11 heteroatoms. The molecule has 0 aromatic heterocycles. The third-order valence-electron chi connectivity index (χ3n) is 5.91. The van der Waals surface area contributed by atoms with Gasteiger partial charge < -0.3 is 20.8 Å².